The second-order valence-corrected chi connectivity index (χ2v) is 4.53. The number of amides is 1. The number of hydrogen-bond donors (Lipinski definition) is 1. The first kappa shape index (κ1) is 14.7. The van der Waals surface area contributed by atoms with Gasteiger partial charge in [-0.05, 0) is 24.6 Å². The van der Waals surface area contributed by atoms with Crippen LogP contribution in [0.3, 0.4) is 0 Å². The lowest BCUT2D eigenvalue weighted by atomic mass is 10.1. The number of ketones is 1. The molecule has 1 aromatic heterocycles. The van der Waals surface area contributed by atoms with E-state index in [4.69, 9.17) is 4.74 Å². The Morgan fingerprint density at radius 2 is 1.81 bits per heavy atom. The molecule has 5 heteroatoms. The zero-order chi connectivity index (χ0) is 15.1. The molecule has 0 aliphatic carbocycles. The number of ether oxygens (including phenoxy) is 1. The lowest BCUT2D eigenvalue weighted by molar-refractivity contribution is 0.0926. The lowest BCUT2D eigenvalue weighted by Crippen LogP contribution is -2.38. The van der Waals surface area contributed by atoms with Crippen LogP contribution < -0.4 is 5.32 Å². The maximum absolute atomic E-state index is 12.1. The number of rotatable bonds is 5. The zero-order valence-electron chi connectivity index (χ0n) is 11.7. The summed E-state index contributed by atoms with van der Waals surface area (Å²) in [6.07, 6.45) is 2.45. The zero-order valence-corrected chi connectivity index (χ0v) is 11.7. The van der Waals surface area contributed by atoms with Gasteiger partial charge in [0.15, 0.2) is 5.78 Å². The summed E-state index contributed by atoms with van der Waals surface area (Å²) in [4.78, 5) is 27.6. The minimum atomic E-state index is -0.657. The van der Waals surface area contributed by atoms with Gasteiger partial charge in [0.05, 0.1) is 6.04 Å². The summed E-state index contributed by atoms with van der Waals surface area (Å²) in [6, 6.07) is 11.9. The van der Waals surface area contributed by atoms with Crippen LogP contribution in [0.25, 0.3) is 0 Å². The molecule has 0 saturated heterocycles. The molecule has 0 fully saturated rings. The molecule has 0 bridgehead atoms. The summed E-state index contributed by atoms with van der Waals surface area (Å²) in [5.74, 6) is -0.186. The number of nitrogens with one attached hydrogen (secondary N) is 1. The van der Waals surface area contributed by atoms with Crippen LogP contribution >= 0.6 is 0 Å². The van der Waals surface area contributed by atoms with E-state index in [1.165, 1.54) is 12.4 Å². The largest absolute Gasteiger partial charge is 0.445 e. The van der Waals surface area contributed by atoms with Crippen molar-refractivity contribution in [2.45, 2.75) is 19.6 Å². The second-order valence-electron chi connectivity index (χ2n) is 4.53. The molecule has 0 aliphatic rings. The minimum absolute atomic E-state index is 0.169. The molecule has 108 valence electrons. The van der Waals surface area contributed by atoms with Gasteiger partial charge in [-0.2, -0.15) is 0 Å². The summed E-state index contributed by atoms with van der Waals surface area (Å²) in [6.45, 7) is 1.79. The highest BCUT2D eigenvalue weighted by Crippen LogP contribution is 2.04. The van der Waals surface area contributed by atoms with Crippen molar-refractivity contribution in [2.75, 3.05) is 0 Å². The van der Waals surface area contributed by atoms with Crippen LogP contribution in [0, 0.1) is 0 Å². The smallest absolute Gasteiger partial charge is 0.408 e. The number of carbonyl (C=O) groups is 2. The lowest BCUT2D eigenvalue weighted by Gasteiger charge is -2.13. The number of hydrogen-bond acceptors (Lipinski definition) is 4. The molecule has 5 nitrogen and oxygen atoms in total. The molecule has 1 N–H and O–H groups in total. The van der Waals surface area contributed by atoms with E-state index in [0.717, 1.165) is 5.56 Å². The van der Waals surface area contributed by atoms with Crippen LogP contribution in [0.1, 0.15) is 22.8 Å². The van der Waals surface area contributed by atoms with Crippen molar-refractivity contribution in [3.8, 4) is 0 Å². The van der Waals surface area contributed by atoms with Gasteiger partial charge in [0.25, 0.3) is 0 Å². The average molecular weight is 284 g/mol. The normalized spacial score (nSPS) is 11.5. The number of nitrogens with zero attached hydrogens (tertiary/aromatic N) is 1. The molecule has 0 spiro atoms. The first-order valence-corrected chi connectivity index (χ1v) is 6.58. The Labute approximate surface area is 123 Å². The maximum Gasteiger partial charge on any atom is 0.408 e. The van der Waals surface area contributed by atoms with Gasteiger partial charge in [-0.15, -0.1) is 0 Å². The SMILES string of the molecule is CC(NC(=O)OCc1ccccc1)C(=O)c1ccncc1. The Morgan fingerprint density at radius 1 is 1.14 bits per heavy atom. The number of benzene rings is 1. The molecule has 0 radical (unpaired) electrons. The fourth-order valence-corrected chi connectivity index (χ4v) is 1.77. The van der Waals surface area contributed by atoms with Crippen LogP contribution in [0.5, 0.6) is 0 Å². The third-order valence-corrected chi connectivity index (χ3v) is 2.91. The molecular weight excluding hydrogens is 268 g/mol. The van der Waals surface area contributed by atoms with E-state index in [1.54, 1.807) is 19.1 Å². The molecule has 21 heavy (non-hydrogen) atoms. The number of aromatic nitrogens is 1. The van der Waals surface area contributed by atoms with Crippen LogP contribution in [-0.2, 0) is 11.3 Å². The van der Waals surface area contributed by atoms with Gasteiger partial charge in [0.1, 0.15) is 6.61 Å². The van der Waals surface area contributed by atoms with Crippen molar-refractivity contribution in [1.29, 1.82) is 0 Å². The monoisotopic (exact) mass is 284 g/mol. The van der Waals surface area contributed by atoms with Crippen molar-refractivity contribution >= 4 is 11.9 Å². The number of alkyl carbamates (subject to hydrolysis) is 1. The number of pyridine rings is 1. The molecule has 0 aliphatic heterocycles. The van der Waals surface area contributed by atoms with Crippen LogP contribution in [-0.4, -0.2) is 22.9 Å². The molecule has 1 aromatic carbocycles. The van der Waals surface area contributed by atoms with Crippen molar-refractivity contribution < 1.29 is 14.3 Å². The predicted octanol–water partition coefficient (Wildman–Crippen LogP) is 2.58. The highest BCUT2D eigenvalue weighted by atomic mass is 16.5. The summed E-state index contributed by atoms with van der Waals surface area (Å²) in [7, 11) is 0. The van der Waals surface area contributed by atoms with E-state index < -0.39 is 12.1 Å². The van der Waals surface area contributed by atoms with Gasteiger partial charge in [-0.25, -0.2) is 4.79 Å². The quantitative estimate of drug-likeness (QED) is 0.857. The fraction of sp³-hybridized carbons (Fsp3) is 0.188. The predicted molar refractivity (Wildman–Crippen MR) is 77.8 cm³/mol. The molecule has 0 saturated carbocycles. The van der Waals surface area contributed by atoms with Gasteiger partial charge >= 0.3 is 6.09 Å². The molecular formula is C16H16N2O3. The number of Topliss-reactive ketones (excluding diaryl/α,β-unsaturated/α-hetero) is 1. The Bertz CT molecular complexity index is 599. The highest BCUT2D eigenvalue weighted by molar-refractivity contribution is 6.01. The topological polar surface area (TPSA) is 68.3 Å². The third-order valence-electron chi connectivity index (χ3n) is 2.91. The Morgan fingerprint density at radius 3 is 2.48 bits per heavy atom. The van der Waals surface area contributed by atoms with Gasteiger partial charge in [-0.1, -0.05) is 30.3 Å². The fourth-order valence-electron chi connectivity index (χ4n) is 1.77. The summed E-state index contributed by atoms with van der Waals surface area (Å²) >= 11 is 0. The Kier molecular flexibility index (Phi) is 5.04. The average Bonchev–Trinajstić information content (AvgIpc) is 2.54. The Hall–Kier alpha value is -2.69. The van der Waals surface area contributed by atoms with Crippen molar-refractivity contribution in [3.63, 3.8) is 0 Å². The van der Waals surface area contributed by atoms with Crippen molar-refractivity contribution in [3.05, 3.63) is 66.0 Å². The van der Waals surface area contributed by atoms with E-state index in [1.807, 2.05) is 30.3 Å². The van der Waals surface area contributed by atoms with E-state index in [9.17, 15) is 9.59 Å². The summed E-state index contributed by atoms with van der Waals surface area (Å²) in [5, 5.41) is 2.52. The van der Waals surface area contributed by atoms with Gasteiger partial charge < -0.3 is 10.1 Å². The van der Waals surface area contributed by atoms with Crippen molar-refractivity contribution in [2.24, 2.45) is 0 Å². The van der Waals surface area contributed by atoms with Gasteiger partial charge in [0.2, 0.25) is 0 Å². The second kappa shape index (κ2) is 7.19. The molecule has 2 aromatic rings. The van der Waals surface area contributed by atoms with Gasteiger partial charge in [-0.3, -0.25) is 9.78 Å². The van der Waals surface area contributed by atoms with E-state index in [-0.39, 0.29) is 12.4 Å². The van der Waals surface area contributed by atoms with Crippen molar-refractivity contribution in [1.82, 2.24) is 10.3 Å². The van der Waals surface area contributed by atoms with Crippen LogP contribution in [0.4, 0.5) is 4.79 Å². The molecule has 1 unspecified atom stereocenters. The molecule has 2 rings (SSSR count). The minimum Gasteiger partial charge on any atom is -0.445 e. The third kappa shape index (κ3) is 4.42. The summed E-state index contributed by atoms with van der Waals surface area (Å²) < 4.78 is 5.07. The maximum atomic E-state index is 12.1. The highest BCUT2D eigenvalue weighted by Gasteiger charge is 2.17. The standard InChI is InChI=1S/C16H16N2O3/c1-12(15(19)14-7-9-17-10-8-14)18-16(20)21-11-13-5-3-2-4-6-13/h2-10,12H,11H2,1H3,(H,18,20). The van der Waals surface area contributed by atoms with E-state index in [2.05, 4.69) is 10.3 Å². The van der Waals surface area contributed by atoms with Crippen LogP contribution in [0.2, 0.25) is 0 Å². The number of carbonyl (C=O) groups excluding carboxylic acids is 2. The first-order chi connectivity index (χ1) is 10.2. The van der Waals surface area contributed by atoms with Crippen LogP contribution in [0.15, 0.2) is 54.9 Å². The van der Waals surface area contributed by atoms with E-state index >= 15 is 0 Å². The molecule has 1 heterocycles. The molecule has 1 amide bonds. The summed E-state index contributed by atoms with van der Waals surface area (Å²) in [5.41, 5.74) is 1.39. The Balaban J connectivity index is 1.83. The molecule has 1 atom stereocenters. The first-order valence-electron chi connectivity index (χ1n) is 6.58. The van der Waals surface area contributed by atoms with E-state index in [0.29, 0.717) is 5.56 Å². The van der Waals surface area contributed by atoms with Gasteiger partial charge in [0, 0.05) is 18.0 Å².